The smallest absolute Gasteiger partial charge is 0.222 e. The van der Waals surface area contributed by atoms with E-state index in [1.54, 1.807) is 7.11 Å². The van der Waals surface area contributed by atoms with Gasteiger partial charge in [0.1, 0.15) is 17.4 Å². The Morgan fingerprint density at radius 1 is 1.14 bits per heavy atom. The molecule has 3 heterocycles. The van der Waals surface area contributed by atoms with Crippen LogP contribution in [0.5, 0.6) is 5.75 Å². The van der Waals surface area contributed by atoms with Gasteiger partial charge in [-0.05, 0) is 17.7 Å². The van der Waals surface area contributed by atoms with Crippen LogP contribution < -0.4 is 9.64 Å². The molecule has 1 fully saturated rings. The van der Waals surface area contributed by atoms with Crippen molar-refractivity contribution in [2.45, 2.75) is 32.7 Å². The van der Waals surface area contributed by atoms with Gasteiger partial charge in [0.25, 0.3) is 0 Å². The quantitative estimate of drug-likeness (QED) is 0.772. The number of ether oxygens (including phenoxy) is 2. The minimum Gasteiger partial charge on any atom is -0.497 e. The summed E-state index contributed by atoms with van der Waals surface area (Å²) in [6.45, 7) is 6.25. The van der Waals surface area contributed by atoms with Crippen molar-refractivity contribution >= 4 is 11.7 Å². The monoisotopic (exact) mass is 396 g/mol. The summed E-state index contributed by atoms with van der Waals surface area (Å²) in [6.07, 6.45) is 1.97. The molecule has 1 saturated heterocycles. The van der Waals surface area contributed by atoms with E-state index in [0.29, 0.717) is 32.6 Å². The van der Waals surface area contributed by atoms with Crippen LogP contribution >= 0.6 is 0 Å². The van der Waals surface area contributed by atoms with Crippen molar-refractivity contribution in [1.82, 2.24) is 14.9 Å². The van der Waals surface area contributed by atoms with Gasteiger partial charge in [0.05, 0.1) is 32.6 Å². The number of benzene rings is 1. The van der Waals surface area contributed by atoms with E-state index >= 15 is 0 Å². The number of amides is 1. The standard InChI is InChI=1S/C22H28N4O3/c1-3-21(27)26-9-8-19-18(15-26)22(25-10-12-29-13-11-25)24-20(23-19)14-16-4-6-17(28-2)7-5-16/h4-7H,3,8-15H2,1-2H3. The predicted molar refractivity (Wildman–Crippen MR) is 110 cm³/mol. The molecule has 7 heteroatoms. The van der Waals surface area contributed by atoms with Gasteiger partial charge in [0.2, 0.25) is 5.91 Å². The maximum Gasteiger partial charge on any atom is 0.222 e. The Balaban J connectivity index is 1.66. The average Bonchev–Trinajstić information content (AvgIpc) is 2.79. The third-order valence-electron chi connectivity index (χ3n) is 5.57. The number of nitrogens with zero attached hydrogens (tertiary/aromatic N) is 4. The molecular formula is C22H28N4O3. The highest BCUT2D eigenvalue weighted by Crippen LogP contribution is 2.28. The molecule has 0 bridgehead atoms. The van der Waals surface area contributed by atoms with Gasteiger partial charge in [-0.2, -0.15) is 0 Å². The molecule has 0 saturated carbocycles. The number of hydrogen-bond acceptors (Lipinski definition) is 6. The van der Waals surface area contributed by atoms with Crippen molar-refractivity contribution < 1.29 is 14.3 Å². The summed E-state index contributed by atoms with van der Waals surface area (Å²) in [4.78, 5) is 26.3. The lowest BCUT2D eigenvalue weighted by atomic mass is 10.0. The number of hydrogen-bond donors (Lipinski definition) is 0. The second kappa shape index (κ2) is 8.78. The van der Waals surface area contributed by atoms with Gasteiger partial charge in [-0.3, -0.25) is 4.79 Å². The van der Waals surface area contributed by atoms with Gasteiger partial charge in [0, 0.05) is 44.5 Å². The fraction of sp³-hybridized carbons (Fsp3) is 0.500. The van der Waals surface area contributed by atoms with Crippen molar-refractivity contribution in [1.29, 1.82) is 0 Å². The molecule has 0 spiro atoms. The zero-order chi connectivity index (χ0) is 20.2. The van der Waals surface area contributed by atoms with Crippen LogP contribution in [0.4, 0.5) is 5.82 Å². The molecule has 2 aromatic rings. The van der Waals surface area contributed by atoms with Crippen LogP contribution in [0, 0.1) is 0 Å². The molecule has 4 rings (SSSR count). The molecule has 154 valence electrons. The minimum atomic E-state index is 0.186. The van der Waals surface area contributed by atoms with Crippen LogP contribution in [-0.2, 0) is 28.9 Å². The molecule has 0 atom stereocenters. The van der Waals surface area contributed by atoms with Crippen LogP contribution in [0.15, 0.2) is 24.3 Å². The SMILES string of the molecule is CCC(=O)N1CCc2nc(Cc3ccc(OC)cc3)nc(N3CCOCC3)c2C1. The fourth-order valence-corrected chi connectivity index (χ4v) is 3.92. The number of morpholine rings is 1. The molecule has 2 aliphatic rings. The van der Waals surface area contributed by atoms with E-state index in [1.807, 2.05) is 24.0 Å². The summed E-state index contributed by atoms with van der Waals surface area (Å²) in [7, 11) is 1.67. The molecule has 0 N–H and O–H groups in total. The second-order valence-electron chi connectivity index (χ2n) is 7.43. The largest absolute Gasteiger partial charge is 0.497 e. The predicted octanol–water partition coefficient (Wildman–Crippen LogP) is 2.21. The van der Waals surface area contributed by atoms with E-state index in [9.17, 15) is 4.79 Å². The molecule has 29 heavy (non-hydrogen) atoms. The Hall–Kier alpha value is -2.67. The lowest BCUT2D eigenvalue weighted by Crippen LogP contribution is -2.41. The van der Waals surface area contributed by atoms with Gasteiger partial charge < -0.3 is 19.3 Å². The Bertz CT molecular complexity index is 863. The van der Waals surface area contributed by atoms with E-state index in [4.69, 9.17) is 19.4 Å². The number of methoxy groups -OCH3 is 1. The van der Waals surface area contributed by atoms with Crippen LogP contribution in [-0.4, -0.2) is 60.7 Å². The van der Waals surface area contributed by atoms with Crippen molar-refractivity contribution in [3.8, 4) is 5.75 Å². The number of anilines is 1. The Kier molecular flexibility index (Phi) is 5.94. The highest BCUT2D eigenvalue weighted by Gasteiger charge is 2.27. The van der Waals surface area contributed by atoms with Crippen LogP contribution in [0.3, 0.4) is 0 Å². The third kappa shape index (κ3) is 4.34. The highest BCUT2D eigenvalue weighted by atomic mass is 16.5. The molecule has 1 amide bonds. The fourth-order valence-electron chi connectivity index (χ4n) is 3.92. The van der Waals surface area contributed by atoms with Gasteiger partial charge in [0.15, 0.2) is 0 Å². The van der Waals surface area contributed by atoms with E-state index < -0.39 is 0 Å². The number of rotatable bonds is 5. The summed E-state index contributed by atoms with van der Waals surface area (Å²) >= 11 is 0. The number of carbonyl (C=O) groups excluding carboxylic acids is 1. The number of fused-ring (bicyclic) bond motifs is 1. The lowest BCUT2D eigenvalue weighted by molar-refractivity contribution is -0.131. The highest BCUT2D eigenvalue weighted by molar-refractivity contribution is 5.76. The molecule has 0 radical (unpaired) electrons. The summed E-state index contributed by atoms with van der Waals surface area (Å²) in [5.41, 5.74) is 3.32. The number of carbonyl (C=O) groups is 1. The van der Waals surface area contributed by atoms with E-state index in [0.717, 1.165) is 60.3 Å². The normalized spacial score (nSPS) is 16.5. The lowest BCUT2D eigenvalue weighted by Gasteiger charge is -2.34. The van der Waals surface area contributed by atoms with Crippen molar-refractivity contribution in [2.75, 3.05) is 44.9 Å². The maximum atomic E-state index is 12.3. The minimum absolute atomic E-state index is 0.186. The summed E-state index contributed by atoms with van der Waals surface area (Å²) in [6, 6.07) is 8.03. The first kappa shape index (κ1) is 19.6. The molecule has 7 nitrogen and oxygen atoms in total. The molecule has 1 aromatic heterocycles. The van der Waals surface area contributed by atoms with Crippen LogP contribution in [0.2, 0.25) is 0 Å². The Morgan fingerprint density at radius 2 is 1.90 bits per heavy atom. The maximum absolute atomic E-state index is 12.3. The zero-order valence-electron chi connectivity index (χ0n) is 17.2. The van der Waals surface area contributed by atoms with E-state index in [-0.39, 0.29) is 5.91 Å². The number of aromatic nitrogens is 2. The first-order chi connectivity index (χ1) is 14.2. The van der Waals surface area contributed by atoms with E-state index in [1.165, 1.54) is 0 Å². The molecule has 0 aliphatic carbocycles. The molecular weight excluding hydrogens is 368 g/mol. The third-order valence-corrected chi connectivity index (χ3v) is 5.57. The van der Waals surface area contributed by atoms with Crippen molar-refractivity contribution in [2.24, 2.45) is 0 Å². The summed E-state index contributed by atoms with van der Waals surface area (Å²) < 4.78 is 10.8. The van der Waals surface area contributed by atoms with Crippen LogP contribution in [0.1, 0.15) is 36.0 Å². The Labute approximate surface area is 171 Å². The van der Waals surface area contributed by atoms with Crippen molar-refractivity contribution in [3.05, 3.63) is 46.9 Å². The van der Waals surface area contributed by atoms with Crippen LogP contribution in [0.25, 0.3) is 0 Å². The van der Waals surface area contributed by atoms with E-state index in [2.05, 4.69) is 17.0 Å². The molecule has 0 unspecified atom stereocenters. The van der Waals surface area contributed by atoms with Gasteiger partial charge in [-0.1, -0.05) is 19.1 Å². The summed E-state index contributed by atoms with van der Waals surface area (Å²) in [5, 5.41) is 0. The molecule has 1 aromatic carbocycles. The topological polar surface area (TPSA) is 67.8 Å². The summed E-state index contributed by atoms with van der Waals surface area (Å²) in [5.74, 6) is 2.82. The molecule has 2 aliphatic heterocycles. The van der Waals surface area contributed by atoms with Gasteiger partial charge >= 0.3 is 0 Å². The second-order valence-corrected chi connectivity index (χ2v) is 7.43. The first-order valence-electron chi connectivity index (χ1n) is 10.3. The van der Waals surface area contributed by atoms with Gasteiger partial charge in [-0.25, -0.2) is 9.97 Å². The first-order valence-corrected chi connectivity index (χ1v) is 10.3. The zero-order valence-corrected chi connectivity index (χ0v) is 17.2. The Morgan fingerprint density at radius 3 is 2.59 bits per heavy atom. The van der Waals surface area contributed by atoms with Crippen molar-refractivity contribution in [3.63, 3.8) is 0 Å². The average molecular weight is 396 g/mol. The van der Waals surface area contributed by atoms with Gasteiger partial charge in [-0.15, -0.1) is 0 Å².